The maximum absolute atomic E-state index is 13.4. The fourth-order valence-corrected chi connectivity index (χ4v) is 4.61. The van der Waals surface area contributed by atoms with Gasteiger partial charge in [0, 0.05) is 28.7 Å². The average molecular weight is 547 g/mol. The first-order valence-electron chi connectivity index (χ1n) is 12.2. The van der Waals surface area contributed by atoms with Gasteiger partial charge in [0.05, 0.1) is 27.7 Å². The second-order valence-electron chi connectivity index (χ2n) is 8.40. The van der Waals surface area contributed by atoms with E-state index in [1.54, 1.807) is 16.3 Å². The molecule has 3 aromatic heterocycles. The van der Waals surface area contributed by atoms with Crippen LogP contribution in [-0.4, -0.2) is 27.2 Å². The van der Waals surface area contributed by atoms with E-state index in [0.29, 0.717) is 16.6 Å². The summed E-state index contributed by atoms with van der Waals surface area (Å²) in [5.41, 5.74) is 15.9. The number of rotatable bonds is 5. The predicted molar refractivity (Wildman–Crippen MR) is 163 cm³/mol. The lowest BCUT2D eigenvalue weighted by Gasteiger charge is -2.14. The molecule has 0 aliphatic heterocycles. The van der Waals surface area contributed by atoms with Crippen LogP contribution in [0.15, 0.2) is 88.9 Å². The van der Waals surface area contributed by atoms with E-state index in [4.69, 9.17) is 11.5 Å². The molecule has 4 N–H and O–H groups in total. The van der Waals surface area contributed by atoms with E-state index < -0.39 is 5.91 Å². The van der Waals surface area contributed by atoms with E-state index in [1.807, 2.05) is 48.5 Å². The van der Waals surface area contributed by atoms with Crippen molar-refractivity contribution in [2.24, 2.45) is 10.7 Å². The number of nitrogens with two attached hydrogens (primary N) is 2. The molecule has 198 valence electrons. The van der Waals surface area contributed by atoms with E-state index in [-0.39, 0.29) is 16.9 Å². The number of amides is 1. The molecular formula is C31H26N6O2S. The summed E-state index contributed by atoms with van der Waals surface area (Å²) in [4.78, 5) is 36.8. The highest BCUT2D eigenvalue weighted by Crippen LogP contribution is 2.27. The quantitative estimate of drug-likeness (QED) is 0.233. The third-order valence-corrected chi connectivity index (χ3v) is 6.67. The van der Waals surface area contributed by atoms with Crippen LogP contribution in [0.5, 0.6) is 0 Å². The van der Waals surface area contributed by atoms with Crippen molar-refractivity contribution in [3.63, 3.8) is 0 Å². The van der Waals surface area contributed by atoms with Gasteiger partial charge in [-0.3, -0.25) is 24.1 Å². The SMILES string of the molecule is C=Cc1cnc(N)c(C(N)=O)c1N=C.CCc1cc2cccc(C#Cc3cncs3)c2c(=O)n1-c1ccccc1. The molecule has 0 aliphatic rings. The van der Waals surface area contributed by atoms with Gasteiger partial charge >= 0.3 is 0 Å². The van der Waals surface area contributed by atoms with Gasteiger partial charge in [-0.1, -0.05) is 55.8 Å². The number of thiazole rings is 1. The molecule has 0 unspecified atom stereocenters. The van der Waals surface area contributed by atoms with Crippen LogP contribution in [0.2, 0.25) is 0 Å². The van der Waals surface area contributed by atoms with E-state index in [9.17, 15) is 9.59 Å². The molecule has 1 amide bonds. The van der Waals surface area contributed by atoms with Crippen LogP contribution in [0.4, 0.5) is 11.5 Å². The largest absolute Gasteiger partial charge is 0.383 e. The smallest absolute Gasteiger partial charge is 0.264 e. The lowest BCUT2D eigenvalue weighted by atomic mass is 10.0. The molecular weight excluding hydrogens is 520 g/mol. The number of aromatic nitrogens is 3. The van der Waals surface area contributed by atoms with Gasteiger partial charge in [-0.2, -0.15) is 0 Å². The van der Waals surface area contributed by atoms with Gasteiger partial charge in [-0.05, 0) is 48.7 Å². The van der Waals surface area contributed by atoms with E-state index in [2.05, 4.69) is 53.1 Å². The third kappa shape index (κ3) is 5.72. The molecule has 0 spiro atoms. The zero-order chi connectivity index (χ0) is 28.6. The molecule has 0 atom stereocenters. The fourth-order valence-electron chi connectivity index (χ4n) is 4.14. The number of aliphatic imine (C=N–C) groups is 1. The van der Waals surface area contributed by atoms with Crippen LogP contribution in [-0.2, 0) is 6.42 Å². The minimum Gasteiger partial charge on any atom is -0.383 e. The molecule has 0 radical (unpaired) electrons. The summed E-state index contributed by atoms with van der Waals surface area (Å²) in [6.07, 6.45) is 5.47. The van der Waals surface area contributed by atoms with Crippen LogP contribution in [0.25, 0.3) is 22.5 Å². The zero-order valence-electron chi connectivity index (χ0n) is 21.8. The van der Waals surface area contributed by atoms with Gasteiger partial charge < -0.3 is 11.5 Å². The molecule has 5 rings (SSSR count). The number of nitrogens with zero attached hydrogens (tertiary/aromatic N) is 4. The predicted octanol–water partition coefficient (Wildman–Crippen LogP) is 5.15. The molecule has 9 heteroatoms. The van der Waals surface area contributed by atoms with Crippen molar-refractivity contribution >= 4 is 52.3 Å². The van der Waals surface area contributed by atoms with Crippen molar-refractivity contribution in [3.8, 4) is 17.5 Å². The second kappa shape index (κ2) is 12.5. The Labute approximate surface area is 235 Å². The number of hydrogen-bond donors (Lipinski definition) is 2. The second-order valence-corrected chi connectivity index (χ2v) is 9.29. The maximum atomic E-state index is 13.4. The first-order valence-corrected chi connectivity index (χ1v) is 13.1. The Balaban J connectivity index is 0.000000224. The van der Waals surface area contributed by atoms with Crippen molar-refractivity contribution < 1.29 is 4.79 Å². The van der Waals surface area contributed by atoms with Gasteiger partial charge in [0.25, 0.3) is 11.5 Å². The number of nitrogen functional groups attached to an aromatic ring is 1. The first-order chi connectivity index (χ1) is 19.4. The molecule has 8 nitrogen and oxygen atoms in total. The normalized spacial score (nSPS) is 10.1. The molecule has 0 aliphatic carbocycles. The average Bonchev–Trinajstić information content (AvgIpc) is 3.50. The Morgan fingerprint density at radius 2 is 1.93 bits per heavy atom. The topological polar surface area (TPSA) is 129 Å². The number of carbonyl (C=O) groups is 1. The summed E-state index contributed by atoms with van der Waals surface area (Å²) in [7, 11) is 0. The number of fused-ring (bicyclic) bond motifs is 1. The lowest BCUT2D eigenvalue weighted by Crippen LogP contribution is -2.22. The standard InChI is InChI=1S/C22H16N2OS.C9H10N4O/c1-2-18-13-17-8-6-7-16(11-12-20-14-23-15-26-20)21(17)22(25)24(18)19-9-4-3-5-10-19;1-3-5-4-13-8(10)6(9(11)14)7(5)12-2/h3-10,13-15H,2H2,1H3;3-4H,1-2H2,(H2,10,13)(H2,11,14). The number of hydrogen-bond acceptors (Lipinski definition) is 7. The number of aryl methyl sites for hydroxylation is 1. The molecule has 40 heavy (non-hydrogen) atoms. The summed E-state index contributed by atoms with van der Waals surface area (Å²) in [5, 5.41) is 1.58. The maximum Gasteiger partial charge on any atom is 0.264 e. The summed E-state index contributed by atoms with van der Waals surface area (Å²) in [5.74, 6) is 5.63. The van der Waals surface area contributed by atoms with Crippen LogP contribution in [0, 0.1) is 11.8 Å². The minimum absolute atomic E-state index is 0.0280. The Bertz CT molecular complexity index is 1830. The summed E-state index contributed by atoms with van der Waals surface area (Å²) in [6.45, 7) is 8.95. The van der Waals surface area contributed by atoms with Crippen LogP contribution in [0.1, 0.15) is 39.0 Å². The molecule has 2 aromatic carbocycles. The number of primary amides is 1. The Hall–Kier alpha value is -5.33. The number of anilines is 1. The summed E-state index contributed by atoms with van der Waals surface area (Å²) < 4.78 is 1.79. The highest BCUT2D eigenvalue weighted by molar-refractivity contribution is 7.10. The molecule has 5 aromatic rings. The van der Waals surface area contributed by atoms with E-state index in [0.717, 1.165) is 33.6 Å². The van der Waals surface area contributed by atoms with Crippen LogP contribution >= 0.6 is 11.3 Å². The minimum atomic E-state index is -0.680. The lowest BCUT2D eigenvalue weighted by molar-refractivity contribution is 0.100. The molecule has 0 saturated carbocycles. The Morgan fingerprint density at radius 1 is 1.15 bits per heavy atom. The van der Waals surface area contributed by atoms with Crippen molar-refractivity contribution in [2.75, 3.05) is 5.73 Å². The van der Waals surface area contributed by atoms with Gasteiger partial charge in [-0.15, -0.1) is 11.3 Å². The van der Waals surface area contributed by atoms with Gasteiger partial charge in [0.2, 0.25) is 0 Å². The highest BCUT2D eigenvalue weighted by Gasteiger charge is 2.15. The number of pyridine rings is 2. The number of para-hydroxylation sites is 1. The molecule has 3 heterocycles. The third-order valence-electron chi connectivity index (χ3n) is 5.99. The highest BCUT2D eigenvalue weighted by atomic mass is 32.1. The van der Waals surface area contributed by atoms with Crippen molar-refractivity contribution in [2.45, 2.75) is 13.3 Å². The summed E-state index contributed by atoms with van der Waals surface area (Å²) >= 11 is 1.49. The Kier molecular flexibility index (Phi) is 8.64. The first kappa shape index (κ1) is 27.7. The van der Waals surface area contributed by atoms with E-state index >= 15 is 0 Å². The van der Waals surface area contributed by atoms with Gasteiger partial charge in [-0.25, -0.2) is 4.98 Å². The number of benzene rings is 2. The van der Waals surface area contributed by atoms with Crippen molar-refractivity contribution in [3.05, 3.63) is 117 Å². The van der Waals surface area contributed by atoms with Gasteiger partial charge in [0.15, 0.2) is 0 Å². The van der Waals surface area contributed by atoms with Crippen LogP contribution < -0.4 is 17.0 Å². The van der Waals surface area contributed by atoms with Crippen molar-refractivity contribution in [1.29, 1.82) is 0 Å². The Morgan fingerprint density at radius 3 is 2.55 bits per heavy atom. The molecule has 0 saturated heterocycles. The summed E-state index contributed by atoms with van der Waals surface area (Å²) in [6, 6.07) is 17.7. The number of carbonyl (C=O) groups excluding carboxylic acids is 1. The fraction of sp³-hybridized carbons (Fsp3) is 0.0645. The van der Waals surface area contributed by atoms with Crippen LogP contribution in [0.3, 0.4) is 0 Å². The van der Waals surface area contributed by atoms with Crippen molar-refractivity contribution in [1.82, 2.24) is 14.5 Å². The van der Waals surface area contributed by atoms with E-state index in [1.165, 1.54) is 23.6 Å². The molecule has 0 fully saturated rings. The zero-order valence-corrected chi connectivity index (χ0v) is 22.6. The molecule has 0 bridgehead atoms. The van der Waals surface area contributed by atoms with Gasteiger partial charge in [0.1, 0.15) is 11.4 Å². The monoisotopic (exact) mass is 546 g/mol.